The summed E-state index contributed by atoms with van der Waals surface area (Å²) in [6.45, 7) is 5.52. The van der Waals surface area contributed by atoms with E-state index in [0.29, 0.717) is 21.7 Å². The molecule has 0 aliphatic carbocycles. The van der Waals surface area contributed by atoms with Crippen LogP contribution in [0.4, 0.5) is 0 Å². The zero-order chi connectivity index (χ0) is 21.2. The molecule has 3 rings (SSSR count). The first-order valence-corrected chi connectivity index (χ1v) is 11.2. The number of para-hydroxylation sites is 1. The largest absolute Gasteiger partial charge is 0.449 e. The number of rotatable bonds is 7. The number of benzene rings is 2. The quantitative estimate of drug-likeness (QED) is 0.584. The highest BCUT2D eigenvalue weighted by Crippen LogP contribution is 2.30. The second kappa shape index (κ2) is 8.57. The minimum atomic E-state index is -3.47. The molecule has 154 valence electrons. The van der Waals surface area contributed by atoms with E-state index in [4.69, 9.17) is 16.0 Å². The molecule has 1 amide bonds. The number of hydrogen-bond donors (Lipinski definition) is 2. The van der Waals surface area contributed by atoms with Crippen molar-refractivity contribution in [3.8, 4) is 0 Å². The van der Waals surface area contributed by atoms with Gasteiger partial charge in [-0.2, -0.15) is 0 Å². The van der Waals surface area contributed by atoms with Gasteiger partial charge in [0.1, 0.15) is 0 Å². The summed E-state index contributed by atoms with van der Waals surface area (Å²) in [5, 5.41) is 4.04. The van der Waals surface area contributed by atoms with Crippen LogP contribution in [0.15, 0.2) is 46.9 Å². The van der Waals surface area contributed by atoms with Crippen LogP contribution >= 0.6 is 11.6 Å². The summed E-state index contributed by atoms with van der Waals surface area (Å²) in [5.74, 6) is -0.344. The first-order chi connectivity index (χ1) is 13.7. The topological polar surface area (TPSA) is 88.4 Å². The second-order valence-corrected chi connectivity index (χ2v) is 9.32. The fraction of sp³-hybridized carbons (Fsp3) is 0.286. The molecule has 0 fully saturated rings. The molecule has 8 heteroatoms. The van der Waals surface area contributed by atoms with Crippen LogP contribution in [0.5, 0.6) is 0 Å². The summed E-state index contributed by atoms with van der Waals surface area (Å²) >= 11 is 6.15. The van der Waals surface area contributed by atoms with Crippen molar-refractivity contribution in [2.75, 3.05) is 0 Å². The van der Waals surface area contributed by atoms with Crippen molar-refractivity contribution in [1.82, 2.24) is 10.0 Å². The summed E-state index contributed by atoms with van der Waals surface area (Å²) < 4.78 is 32.8. The van der Waals surface area contributed by atoms with Crippen molar-refractivity contribution in [2.45, 2.75) is 39.1 Å². The van der Waals surface area contributed by atoms with E-state index in [9.17, 15) is 13.2 Å². The number of furan rings is 1. The third-order valence-corrected chi connectivity index (χ3v) is 6.26. The normalized spacial score (nSPS) is 11.9. The Morgan fingerprint density at radius 1 is 1.10 bits per heavy atom. The molecule has 0 saturated carbocycles. The van der Waals surface area contributed by atoms with Crippen LogP contribution in [-0.2, 0) is 22.3 Å². The number of hydrogen-bond acceptors (Lipinski definition) is 4. The minimum Gasteiger partial charge on any atom is -0.449 e. The predicted molar refractivity (Wildman–Crippen MR) is 114 cm³/mol. The lowest BCUT2D eigenvalue weighted by atomic mass is 10.1. The standard InChI is InChI=1S/C21H23ClN2O4S/c1-13(2)24-29(26,27)12-16-8-5-4-7-15(16)11-23-21(25)19-14(3)17-9-6-10-18(22)20(17)28-19/h4-10,13,24H,11-12H2,1-3H3,(H,23,25). The van der Waals surface area contributed by atoms with Crippen LogP contribution in [0.25, 0.3) is 11.0 Å². The van der Waals surface area contributed by atoms with Crippen LogP contribution in [0, 0.1) is 6.92 Å². The highest BCUT2D eigenvalue weighted by molar-refractivity contribution is 7.88. The van der Waals surface area contributed by atoms with E-state index < -0.39 is 10.0 Å². The van der Waals surface area contributed by atoms with E-state index in [1.165, 1.54) is 0 Å². The van der Waals surface area contributed by atoms with Crippen molar-refractivity contribution < 1.29 is 17.6 Å². The Morgan fingerprint density at radius 2 is 1.79 bits per heavy atom. The van der Waals surface area contributed by atoms with Gasteiger partial charge < -0.3 is 9.73 Å². The predicted octanol–water partition coefficient (Wildman–Crippen LogP) is 4.15. The Hall–Kier alpha value is -2.35. The SMILES string of the molecule is Cc1c(C(=O)NCc2ccccc2CS(=O)(=O)NC(C)C)oc2c(Cl)cccc12. The van der Waals surface area contributed by atoms with E-state index in [-0.39, 0.29) is 30.0 Å². The molecule has 1 aromatic heterocycles. The van der Waals surface area contributed by atoms with Crippen molar-refractivity contribution in [3.05, 3.63) is 69.9 Å². The van der Waals surface area contributed by atoms with Gasteiger partial charge in [-0.05, 0) is 38.0 Å². The Morgan fingerprint density at radius 3 is 2.45 bits per heavy atom. The molecule has 29 heavy (non-hydrogen) atoms. The summed E-state index contributed by atoms with van der Waals surface area (Å²) in [6, 6.07) is 12.3. The number of carbonyl (C=O) groups is 1. The van der Waals surface area contributed by atoms with Gasteiger partial charge in [-0.3, -0.25) is 4.79 Å². The van der Waals surface area contributed by atoms with E-state index in [0.717, 1.165) is 10.9 Å². The first kappa shape index (κ1) is 21.4. The number of halogens is 1. The number of fused-ring (bicyclic) bond motifs is 1. The van der Waals surface area contributed by atoms with E-state index in [1.807, 2.05) is 6.07 Å². The van der Waals surface area contributed by atoms with Gasteiger partial charge in [0.25, 0.3) is 5.91 Å². The van der Waals surface area contributed by atoms with Gasteiger partial charge in [-0.1, -0.05) is 48.0 Å². The van der Waals surface area contributed by atoms with Crippen LogP contribution in [0.1, 0.15) is 41.1 Å². The highest BCUT2D eigenvalue weighted by atomic mass is 35.5. The molecule has 2 N–H and O–H groups in total. The molecule has 0 spiro atoms. The Bertz CT molecular complexity index is 1150. The van der Waals surface area contributed by atoms with Gasteiger partial charge in [-0.25, -0.2) is 13.1 Å². The molecular formula is C21H23ClN2O4S. The third kappa shape index (κ3) is 4.98. The monoisotopic (exact) mass is 434 g/mol. The van der Waals surface area contributed by atoms with Crippen molar-refractivity contribution in [1.29, 1.82) is 0 Å². The van der Waals surface area contributed by atoms with Crippen LogP contribution < -0.4 is 10.0 Å². The molecular weight excluding hydrogens is 412 g/mol. The fourth-order valence-corrected chi connectivity index (χ4v) is 4.86. The molecule has 1 heterocycles. The van der Waals surface area contributed by atoms with Gasteiger partial charge >= 0.3 is 0 Å². The first-order valence-electron chi connectivity index (χ1n) is 9.20. The summed E-state index contributed by atoms with van der Waals surface area (Å²) in [4.78, 5) is 12.7. The molecule has 3 aromatic rings. The Labute approximate surface area is 175 Å². The molecule has 0 atom stereocenters. The van der Waals surface area contributed by atoms with E-state index >= 15 is 0 Å². The summed E-state index contributed by atoms with van der Waals surface area (Å²) in [7, 11) is -3.47. The minimum absolute atomic E-state index is 0.156. The molecule has 0 radical (unpaired) electrons. The lowest BCUT2D eigenvalue weighted by Gasteiger charge is -2.13. The van der Waals surface area contributed by atoms with Crippen LogP contribution in [-0.4, -0.2) is 20.4 Å². The summed E-state index contributed by atoms with van der Waals surface area (Å²) in [6.07, 6.45) is 0. The van der Waals surface area contributed by atoms with Crippen molar-refractivity contribution >= 4 is 38.5 Å². The van der Waals surface area contributed by atoms with Crippen molar-refractivity contribution in [2.24, 2.45) is 0 Å². The number of aryl methyl sites for hydroxylation is 1. The zero-order valence-electron chi connectivity index (χ0n) is 16.5. The maximum Gasteiger partial charge on any atom is 0.287 e. The number of amides is 1. The second-order valence-electron chi connectivity index (χ2n) is 7.16. The Kier molecular flexibility index (Phi) is 6.31. The molecule has 6 nitrogen and oxygen atoms in total. The van der Waals surface area contributed by atoms with Gasteiger partial charge in [-0.15, -0.1) is 0 Å². The summed E-state index contributed by atoms with van der Waals surface area (Å²) in [5.41, 5.74) is 2.53. The van der Waals surface area contributed by atoms with E-state index in [2.05, 4.69) is 10.0 Å². The number of sulfonamides is 1. The van der Waals surface area contributed by atoms with Gasteiger partial charge in [0, 0.05) is 23.5 Å². The molecule has 2 aromatic carbocycles. The average molecular weight is 435 g/mol. The zero-order valence-corrected chi connectivity index (χ0v) is 18.0. The molecule has 0 unspecified atom stereocenters. The maximum absolute atomic E-state index is 12.7. The van der Waals surface area contributed by atoms with Crippen molar-refractivity contribution in [3.63, 3.8) is 0 Å². The fourth-order valence-electron chi connectivity index (χ4n) is 3.16. The van der Waals surface area contributed by atoms with E-state index in [1.54, 1.807) is 57.2 Å². The molecule has 0 bridgehead atoms. The van der Waals surface area contributed by atoms with Gasteiger partial charge in [0.2, 0.25) is 10.0 Å². The average Bonchev–Trinajstić information content (AvgIpc) is 2.98. The van der Waals surface area contributed by atoms with Crippen LogP contribution in [0.2, 0.25) is 5.02 Å². The highest BCUT2D eigenvalue weighted by Gasteiger charge is 2.20. The smallest absolute Gasteiger partial charge is 0.287 e. The molecule has 0 aliphatic rings. The molecule has 0 saturated heterocycles. The number of carbonyl (C=O) groups excluding carboxylic acids is 1. The number of nitrogens with one attached hydrogen (secondary N) is 2. The lowest BCUT2D eigenvalue weighted by molar-refractivity contribution is 0.0924. The Balaban J connectivity index is 1.78. The maximum atomic E-state index is 12.7. The van der Waals surface area contributed by atoms with Crippen LogP contribution in [0.3, 0.4) is 0 Å². The van der Waals surface area contributed by atoms with Gasteiger partial charge in [0.15, 0.2) is 11.3 Å². The van der Waals surface area contributed by atoms with Gasteiger partial charge in [0.05, 0.1) is 10.8 Å². The third-order valence-electron chi connectivity index (χ3n) is 4.44. The lowest BCUT2D eigenvalue weighted by Crippen LogP contribution is -2.32. The molecule has 0 aliphatic heterocycles.